The highest BCUT2D eigenvalue weighted by Gasteiger charge is 2.16. The summed E-state index contributed by atoms with van der Waals surface area (Å²) >= 11 is 0. The molecule has 4 nitrogen and oxygen atoms in total. The van der Waals surface area contributed by atoms with Crippen molar-refractivity contribution in [2.75, 3.05) is 7.11 Å². The van der Waals surface area contributed by atoms with Crippen LogP contribution in [0.2, 0.25) is 0 Å². The number of alkyl halides is 2. The fraction of sp³-hybridized carbons (Fsp3) is 0.200. The number of benzene rings is 1. The van der Waals surface area contributed by atoms with Crippen molar-refractivity contribution < 1.29 is 27.8 Å². The second-order valence-electron chi connectivity index (χ2n) is 2.74. The minimum atomic E-state index is -3.05. The maximum atomic E-state index is 12.0. The Hall–Kier alpha value is -1.98. The van der Waals surface area contributed by atoms with E-state index in [1.807, 2.05) is 0 Å². The normalized spacial score (nSPS) is 10.0. The van der Waals surface area contributed by atoms with Crippen molar-refractivity contribution in [2.24, 2.45) is 0 Å². The minimum absolute atomic E-state index is 0.169. The molecule has 0 heterocycles. The van der Waals surface area contributed by atoms with Gasteiger partial charge < -0.3 is 9.47 Å². The fourth-order valence-electron chi connectivity index (χ4n) is 1.09. The molecule has 1 aromatic carbocycles. The molecule has 0 amide bonds. The first-order valence-corrected chi connectivity index (χ1v) is 4.21. The largest absolute Gasteiger partial charge is 0.465 e. The fourth-order valence-corrected chi connectivity index (χ4v) is 1.09. The Morgan fingerprint density at radius 2 is 2.12 bits per heavy atom. The lowest BCUT2D eigenvalue weighted by atomic mass is 10.1. The minimum Gasteiger partial charge on any atom is -0.465 e. The topological polar surface area (TPSA) is 52.6 Å². The van der Waals surface area contributed by atoms with Crippen molar-refractivity contribution >= 4 is 12.3 Å². The number of aldehydes is 1. The standard InChI is InChI=1S/C10H8F2O4/c1-15-9(14)7-4-6(5-13)2-3-8(7)16-10(11)12/h2-5,10H,1H3. The van der Waals surface area contributed by atoms with Crippen LogP contribution in [0.15, 0.2) is 18.2 Å². The van der Waals surface area contributed by atoms with Gasteiger partial charge in [-0.2, -0.15) is 8.78 Å². The molecule has 0 saturated carbocycles. The number of ether oxygens (including phenoxy) is 2. The number of carbonyl (C=O) groups excluding carboxylic acids is 2. The second-order valence-corrected chi connectivity index (χ2v) is 2.74. The molecule has 0 N–H and O–H groups in total. The van der Waals surface area contributed by atoms with Gasteiger partial charge in [-0.25, -0.2) is 4.79 Å². The Balaban J connectivity index is 3.15. The molecule has 1 rings (SSSR count). The van der Waals surface area contributed by atoms with E-state index in [4.69, 9.17) is 0 Å². The lowest BCUT2D eigenvalue weighted by molar-refractivity contribution is -0.0504. The van der Waals surface area contributed by atoms with Crippen molar-refractivity contribution in [2.45, 2.75) is 6.61 Å². The molecule has 0 saturated heterocycles. The van der Waals surface area contributed by atoms with Gasteiger partial charge in [-0.3, -0.25) is 4.79 Å². The Labute approximate surface area is 89.8 Å². The van der Waals surface area contributed by atoms with Crippen molar-refractivity contribution in [3.8, 4) is 5.75 Å². The molecule has 0 bridgehead atoms. The molecule has 86 valence electrons. The van der Waals surface area contributed by atoms with Crippen LogP contribution in [-0.2, 0) is 4.74 Å². The van der Waals surface area contributed by atoms with Gasteiger partial charge >= 0.3 is 12.6 Å². The molecule has 0 unspecified atom stereocenters. The molecular weight excluding hydrogens is 222 g/mol. The van der Waals surface area contributed by atoms with E-state index in [1.165, 1.54) is 6.07 Å². The van der Waals surface area contributed by atoms with E-state index < -0.39 is 12.6 Å². The molecule has 0 aliphatic heterocycles. The SMILES string of the molecule is COC(=O)c1cc(C=O)ccc1OC(F)F. The molecule has 1 aromatic rings. The van der Waals surface area contributed by atoms with Gasteiger partial charge in [-0.05, 0) is 18.2 Å². The zero-order valence-electron chi connectivity index (χ0n) is 8.28. The van der Waals surface area contributed by atoms with Crippen LogP contribution in [0, 0.1) is 0 Å². The summed E-state index contributed by atoms with van der Waals surface area (Å²) < 4.78 is 32.5. The average Bonchev–Trinajstić information content (AvgIpc) is 2.28. The molecule has 6 heteroatoms. The summed E-state index contributed by atoms with van der Waals surface area (Å²) in [6.07, 6.45) is 0.485. The van der Waals surface area contributed by atoms with Crippen LogP contribution in [0.5, 0.6) is 5.75 Å². The van der Waals surface area contributed by atoms with Crippen LogP contribution >= 0.6 is 0 Å². The first kappa shape index (κ1) is 12.1. The molecule has 16 heavy (non-hydrogen) atoms. The van der Waals surface area contributed by atoms with Gasteiger partial charge in [0.2, 0.25) is 0 Å². The Kier molecular flexibility index (Phi) is 3.93. The smallest absolute Gasteiger partial charge is 0.387 e. The second kappa shape index (κ2) is 5.20. The molecule has 0 spiro atoms. The summed E-state index contributed by atoms with van der Waals surface area (Å²) in [5.74, 6) is -1.17. The summed E-state index contributed by atoms with van der Waals surface area (Å²) in [4.78, 5) is 21.7. The quantitative estimate of drug-likeness (QED) is 0.585. The molecule has 0 aliphatic rings. The van der Waals surface area contributed by atoms with E-state index in [0.717, 1.165) is 19.2 Å². The Morgan fingerprint density at radius 1 is 1.44 bits per heavy atom. The summed E-state index contributed by atoms with van der Waals surface area (Å²) in [5, 5.41) is 0. The third kappa shape index (κ3) is 2.75. The Morgan fingerprint density at radius 3 is 2.62 bits per heavy atom. The molecule has 0 aliphatic carbocycles. The first-order valence-electron chi connectivity index (χ1n) is 4.21. The lowest BCUT2D eigenvalue weighted by Gasteiger charge is -2.09. The maximum absolute atomic E-state index is 12.0. The molecular formula is C10H8F2O4. The van der Waals surface area contributed by atoms with Gasteiger partial charge in [0.15, 0.2) is 0 Å². The predicted octanol–water partition coefficient (Wildman–Crippen LogP) is 1.89. The summed E-state index contributed by atoms with van der Waals surface area (Å²) in [7, 11) is 1.10. The van der Waals surface area contributed by atoms with Crippen molar-refractivity contribution in [1.82, 2.24) is 0 Å². The first-order chi connectivity index (χ1) is 7.58. The summed E-state index contributed by atoms with van der Waals surface area (Å²) in [6, 6.07) is 3.50. The molecule has 0 radical (unpaired) electrons. The van der Waals surface area contributed by atoms with E-state index in [-0.39, 0.29) is 16.9 Å². The van der Waals surface area contributed by atoms with Crippen LogP contribution in [0.4, 0.5) is 8.78 Å². The van der Waals surface area contributed by atoms with Crippen molar-refractivity contribution in [1.29, 1.82) is 0 Å². The predicted molar refractivity (Wildman–Crippen MR) is 49.8 cm³/mol. The van der Waals surface area contributed by atoms with Gasteiger partial charge in [0.25, 0.3) is 0 Å². The third-order valence-electron chi connectivity index (χ3n) is 1.76. The van der Waals surface area contributed by atoms with Crippen LogP contribution in [0.3, 0.4) is 0 Å². The molecule has 0 atom stereocenters. The zero-order valence-corrected chi connectivity index (χ0v) is 8.28. The van der Waals surface area contributed by atoms with E-state index in [2.05, 4.69) is 9.47 Å². The maximum Gasteiger partial charge on any atom is 0.387 e. The zero-order chi connectivity index (χ0) is 12.1. The van der Waals surface area contributed by atoms with E-state index in [9.17, 15) is 18.4 Å². The number of hydrogen-bond donors (Lipinski definition) is 0. The highest BCUT2D eigenvalue weighted by Crippen LogP contribution is 2.22. The number of rotatable bonds is 4. The van der Waals surface area contributed by atoms with Crippen LogP contribution in [0.25, 0.3) is 0 Å². The molecule has 0 fully saturated rings. The van der Waals surface area contributed by atoms with Gasteiger partial charge in [0.05, 0.1) is 7.11 Å². The lowest BCUT2D eigenvalue weighted by Crippen LogP contribution is -2.09. The highest BCUT2D eigenvalue weighted by atomic mass is 19.3. The third-order valence-corrected chi connectivity index (χ3v) is 1.76. The van der Waals surface area contributed by atoms with Crippen LogP contribution < -0.4 is 4.74 Å². The van der Waals surface area contributed by atoms with Crippen LogP contribution in [-0.4, -0.2) is 26.0 Å². The summed E-state index contributed by atoms with van der Waals surface area (Å²) in [6.45, 7) is -3.05. The number of halogens is 2. The number of hydrogen-bond acceptors (Lipinski definition) is 4. The Bertz CT molecular complexity index is 404. The monoisotopic (exact) mass is 230 g/mol. The van der Waals surface area contributed by atoms with Gasteiger partial charge in [0.1, 0.15) is 17.6 Å². The highest BCUT2D eigenvalue weighted by molar-refractivity contribution is 5.94. The average molecular weight is 230 g/mol. The number of esters is 1. The van der Waals surface area contributed by atoms with E-state index >= 15 is 0 Å². The van der Waals surface area contributed by atoms with E-state index in [0.29, 0.717) is 6.29 Å². The van der Waals surface area contributed by atoms with Crippen molar-refractivity contribution in [3.63, 3.8) is 0 Å². The number of methoxy groups -OCH3 is 1. The van der Waals surface area contributed by atoms with Crippen LogP contribution in [0.1, 0.15) is 20.7 Å². The summed E-state index contributed by atoms with van der Waals surface area (Å²) in [5.41, 5.74) is -0.0468. The van der Waals surface area contributed by atoms with Crippen molar-refractivity contribution in [3.05, 3.63) is 29.3 Å². The van der Waals surface area contributed by atoms with Gasteiger partial charge in [-0.1, -0.05) is 0 Å². The van der Waals surface area contributed by atoms with Gasteiger partial charge in [0, 0.05) is 5.56 Å². The molecule has 0 aromatic heterocycles. The number of carbonyl (C=O) groups is 2. The van der Waals surface area contributed by atoms with Gasteiger partial charge in [-0.15, -0.1) is 0 Å². The van der Waals surface area contributed by atoms with E-state index in [1.54, 1.807) is 0 Å².